The van der Waals surface area contributed by atoms with Crippen molar-refractivity contribution in [1.82, 2.24) is 4.57 Å². The molecule has 0 saturated heterocycles. The van der Waals surface area contributed by atoms with Crippen LogP contribution in [0.3, 0.4) is 0 Å². The van der Waals surface area contributed by atoms with Crippen LogP contribution in [0.5, 0.6) is 0 Å². The predicted octanol–water partition coefficient (Wildman–Crippen LogP) is 6.34. The quantitative estimate of drug-likeness (QED) is 0.355. The zero-order chi connectivity index (χ0) is 17.5. The highest BCUT2D eigenvalue weighted by Gasteiger charge is 2.16. The van der Waals surface area contributed by atoms with Crippen LogP contribution in [0.15, 0.2) is 30.4 Å². The molecule has 24 heavy (non-hydrogen) atoms. The Morgan fingerprint density at radius 1 is 1.08 bits per heavy atom. The van der Waals surface area contributed by atoms with Crippen LogP contribution in [0.1, 0.15) is 80.6 Å². The third-order valence-corrected chi connectivity index (χ3v) is 3.99. The summed E-state index contributed by atoms with van der Waals surface area (Å²) in [6.45, 7) is 18.4. The van der Waals surface area contributed by atoms with Gasteiger partial charge < -0.3 is 0 Å². The maximum atomic E-state index is 2.49. The monoisotopic (exact) mass is 399 g/mol. The summed E-state index contributed by atoms with van der Waals surface area (Å²) in [6.07, 6.45) is 15.3. The molecule has 1 heterocycles. The van der Waals surface area contributed by atoms with Gasteiger partial charge in [0.15, 0.2) is 0 Å². The fourth-order valence-corrected chi connectivity index (χ4v) is 2.82. The summed E-state index contributed by atoms with van der Waals surface area (Å²) in [6, 6.07) is 0. The third kappa shape index (κ3) is 11.1. The molecule has 0 unspecified atom stereocenters. The number of unbranched alkanes of at least 4 members (excludes halogenated alkanes) is 1. The second-order valence-electron chi connectivity index (χ2n) is 9.38. The molecular weight excluding hydrogens is 360 g/mol. The molecule has 140 valence electrons. The van der Waals surface area contributed by atoms with Crippen LogP contribution in [0.2, 0.25) is 0 Å². The van der Waals surface area contributed by atoms with Gasteiger partial charge in [0.25, 0.3) is 0 Å². The first-order valence-corrected chi connectivity index (χ1v) is 9.32. The van der Waals surface area contributed by atoms with Gasteiger partial charge in [-0.15, -0.1) is 17.0 Å². The minimum Gasteiger partial charge on any atom is -0.237 e. The largest absolute Gasteiger partial charge is 0.244 e. The van der Waals surface area contributed by atoms with E-state index in [9.17, 15) is 0 Å². The lowest BCUT2D eigenvalue weighted by atomic mass is 9.86. The highest BCUT2D eigenvalue weighted by atomic mass is 79.9. The second kappa shape index (κ2) is 10.4. The fourth-order valence-electron chi connectivity index (χ4n) is 2.82. The summed E-state index contributed by atoms with van der Waals surface area (Å²) in [7, 11) is 0. The molecule has 0 aliphatic rings. The molecule has 0 N–H and O–H groups in total. The van der Waals surface area contributed by atoms with Crippen molar-refractivity contribution in [2.24, 2.45) is 10.8 Å². The van der Waals surface area contributed by atoms with Gasteiger partial charge in [-0.1, -0.05) is 61.0 Å². The van der Waals surface area contributed by atoms with Crippen LogP contribution < -0.4 is 4.57 Å². The number of rotatable bonds is 8. The first-order chi connectivity index (χ1) is 10.6. The van der Waals surface area contributed by atoms with E-state index in [0.717, 1.165) is 13.1 Å². The zero-order valence-corrected chi connectivity index (χ0v) is 18.8. The number of aryl methyl sites for hydroxylation is 1. The highest BCUT2D eigenvalue weighted by molar-refractivity contribution is 8.93. The predicted molar refractivity (Wildman–Crippen MR) is 111 cm³/mol. The minimum absolute atomic E-state index is 0. The number of hydrogen-bond donors (Lipinski definition) is 0. The number of aromatic nitrogens is 2. The summed E-state index contributed by atoms with van der Waals surface area (Å²) in [5.41, 5.74) is 2.33. The van der Waals surface area contributed by atoms with Gasteiger partial charge in [0.05, 0.1) is 6.54 Å². The first kappa shape index (κ1) is 23.4. The van der Waals surface area contributed by atoms with Gasteiger partial charge in [0.1, 0.15) is 18.9 Å². The molecule has 1 rings (SSSR count). The van der Waals surface area contributed by atoms with Gasteiger partial charge in [-0.25, -0.2) is 9.13 Å². The third-order valence-electron chi connectivity index (χ3n) is 3.99. The Hall–Kier alpha value is -0.570. The molecular formula is C21H40BrN2+. The van der Waals surface area contributed by atoms with E-state index in [1.807, 2.05) is 0 Å². The van der Waals surface area contributed by atoms with E-state index >= 15 is 0 Å². The van der Waals surface area contributed by atoms with Gasteiger partial charge >= 0.3 is 0 Å². The molecule has 0 aliphatic heterocycles. The molecule has 1 aromatic rings. The van der Waals surface area contributed by atoms with Crippen LogP contribution in [-0.4, -0.2) is 4.57 Å². The molecule has 0 radical (unpaired) electrons. The van der Waals surface area contributed by atoms with Crippen LogP contribution in [0, 0.1) is 10.8 Å². The zero-order valence-electron chi connectivity index (χ0n) is 17.1. The fraction of sp³-hybridized carbons (Fsp3) is 0.762. The van der Waals surface area contributed by atoms with Gasteiger partial charge in [0.2, 0.25) is 6.33 Å². The van der Waals surface area contributed by atoms with Crippen molar-refractivity contribution >= 4 is 17.0 Å². The Balaban J connectivity index is 0.00000529. The van der Waals surface area contributed by atoms with Crippen molar-refractivity contribution in [3.8, 4) is 0 Å². The molecule has 0 spiro atoms. The number of halogens is 1. The van der Waals surface area contributed by atoms with Gasteiger partial charge in [-0.05, 0) is 42.1 Å². The van der Waals surface area contributed by atoms with E-state index in [4.69, 9.17) is 0 Å². The lowest BCUT2D eigenvalue weighted by molar-refractivity contribution is -0.688. The summed E-state index contributed by atoms with van der Waals surface area (Å²) < 4.78 is 4.65. The topological polar surface area (TPSA) is 8.81 Å². The van der Waals surface area contributed by atoms with Gasteiger partial charge in [0, 0.05) is 0 Å². The lowest BCUT2D eigenvalue weighted by Crippen LogP contribution is -2.33. The standard InChI is InChI=1S/C21H39N2.BrH/c1-8-9-13-22-14-15-23(18-22)17-19(16-21(5,6)7)11-10-12-20(2,3)4;/h11,14-15,18H,8-10,12-13,16-17H2,1-7H3;1H/q+1;/b19-11-;. The Labute approximate surface area is 161 Å². The van der Waals surface area contributed by atoms with Gasteiger partial charge in [-0.3, -0.25) is 0 Å². The number of hydrogen-bond acceptors (Lipinski definition) is 0. The van der Waals surface area contributed by atoms with E-state index in [2.05, 4.69) is 82.4 Å². The first-order valence-electron chi connectivity index (χ1n) is 9.32. The Bertz CT molecular complexity index is 487. The molecule has 0 saturated carbocycles. The number of allylic oxidation sites excluding steroid dienone is 2. The van der Waals surface area contributed by atoms with Crippen LogP contribution >= 0.6 is 17.0 Å². The molecule has 0 amide bonds. The van der Waals surface area contributed by atoms with Crippen LogP contribution in [0.4, 0.5) is 0 Å². The maximum absolute atomic E-state index is 2.49. The maximum Gasteiger partial charge on any atom is 0.244 e. The molecule has 1 aromatic heterocycles. The molecule has 0 aromatic carbocycles. The summed E-state index contributed by atoms with van der Waals surface area (Å²) in [5, 5.41) is 0. The molecule has 2 nitrogen and oxygen atoms in total. The van der Waals surface area contributed by atoms with Crippen molar-refractivity contribution in [3.05, 3.63) is 30.4 Å². The van der Waals surface area contributed by atoms with Gasteiger partial charge in [-0.2, -0.15) is 0 Å². The van der Waals surface area contributed by atoms with E-state index in [1.165, 1.54) is 32.1 Å². The molecule has 3 heteroatoms. The summed E-state index contributed by atoms with van der Waals surface area (Å²) in [5.74, 6) is 0. The van der Waals surface area contributed by atoms with Crippen LogP contribution in [0.25, 0.3) is 0 Å². The van der Waals surface area contributed by atoms with Crippen molar-refractivity contribution < 1.29 is 4.57 Å². The summed E-state index contributed by atoms with van der Waals surface area (Å²) in [4.78, 5) is 0. The van der Waals surface area contributed by atoms with Crippen molar-refractivity contribution in [2.45, 2.75) is 93.7 Å². The average Bonchev–Trinajstić information content (AvgIpc) is 2.80. The smallest absolute Gasteiger partial charge is 0.237 e. The Morgan fingerprint density at radius 3 is 2.29 bits per heavy atom. The number of imidazole rings is 1. The average molecular weight is 400 g/mol. The summed E-state index contributed by atoms with van der Waals surface area (Å²) >= 11 is 0. The Morgan fingerprint density at radius 2 is 1.75 bits per heavy atom. The van der Waals surface area contributed by atoms with Crippen molar-refractivity contribution in [3.63, 3.8) is 0 Å². The number of nitrogens with zero attached hydrogens (tertiary/aromatic N) is 2. The molecule has 0 fully saturated rings. The Kier molecular flexibility index (Phi) is 10.2. The molecule has 0 bridgehead atoms. The SMILES string of the molecule is Br.CCCCn1cc[n+](C/C(=C\CCC(C)(C)C)CC(C)(C)C)c1. The van der Waals surface area contributed by atoms with Crippen molar-refractivity contribution in [2.75, 3.05) is 0 Å². The highest BCUT2D eigenvalue weighted by Crippen LogP contribution is 2.26. The van der Waals surface area contributed by atoms with E-state index in [1.54, 1.807) is 5.57 Å². The second-order valence-corrected chi connectivity index (χ2v) is 9.38. The lowest BCUT2D eigenvalue weighted by Gasteiger charge is -2.21. The van der Waals surface area contributed by atoms with Crippen molar-refractivity contribution in [1.29, 1.82) is 0 Å². The minimum atomic E-state index is 0. The normalized spacial score (nSPS) is 13.0. The molecule has 0 aliphatic carbocycles. The molecule has 0 atom stereocenters. The van der Waals surface area contributed by atoms with Crippen LogP contribution in [-0.2, 0) is 13.1 Å². The van der Waals surface area contributed by atoms with E-state index < -0.39 is 0 Å². The van der Waals surface area contributed by atoms with E-state index in [-0.39, 0.29) is 17.0 Å². The van der Waals surface area contributed by atoms with E-state index in [0.29, 0.717) is 10.8 Å².